The molecular formula is C14H17N3. The third-order valence-electron chi connectivity index (χ3n) is 2.95. The smallest absolute Gasteiger partial charge is 0.127 e. The van der Waals surface area contributed by atoms with Gasteiger partial charge in [-0.2, -0.15) is 0 Å². The predicted molar refractivity (Wildman–Crippen MR) is 70.6 cm³/mol. The van der Waals surface area contributed by atoms with Crippen molar-refractivity contribution < 1.29 is 0 Å². The second kappa shape index (κ2) is 4.95. The van der Waals surface area contributed by atoms with Gasteiger partial charge in [-0.1, -0.05) is 26.0 Å². The Morgan fingerprint density at radius 3 is 2.41 bits per heavy atom. The van der Waals surface area contributed by atoms with Gasteiger partial charge in [0, 0.05) is 11.6 Å². The maximum atomic E-state index is 5.67. The first-order valence-electron chi connectivity index (χ1n) is 5.94. The molecule has 0 spiro atoms. The SMILES string of the molecule is CCc1ccc(-c2cc(N)ncn2)cc1CC. The Labute approximate surface area is 102 Å². The van der Waals surface area contributed by atoms with Crippen LogP contribution in [0.1, 0.15) is 25.0 Å². The molecule has 1 heterocycles. The molecule has 1 aromatic carbocycles. The fraction of sp³-hybridized carbons (Fsp3) is 0.286. The molecule has 0 aliphatic heterocycles. The molecule has 2 N–H and O–H groups in total. The Morgan fingerprint density at radius 2 is 1.76 bits per heavy atom. The zero-order chi connectivity index (χ0) is 12.3. The van der Waals surface area contributed by atoms with Crippen LogP contribution in [-0.4, -0.2) is 9.97 Å². The number of nitrogens with two attached hydrogens (primary N) is 1. The van der Waals surface area contributed by atoms with Crippen LogP contribution in [0, 0.1) is 0 Å². The Hall–Kier alpha value is -1.90. The van der Waals surface area contributed by atoms with Crippen LogP contribution in [0.4, 0.5) is 5.82 Å². The highest BCUT2D eigenvalue weighted by atomic mass is 14.9. The Kier molecular flexibility index (Phi) is 3.38. The van der Waals surface area contributed by atoms with E-state index in [4.69, 9.17) is 5.73 Å². The molecule has 0 aliphatic carbocycles. The molecule has 0 amide bonds. The van der Waals surface area contributed by atoms with Gasteiger partial charge in [-0.05, 0) is 30.0 Å². The van der Waals surface area contributed by atoms with Crippen LogP contribution in [0.5, 0.6) is 0 Å². The van der Waals surface area contributed by atoms with Crippen molar-refractivity contribution in [2.45, 2.75) is 26.7 Å². The first kappa shape index (κ1) is 11.6. The normalized spacial score (nSPS) is 10.5. The van der Waals surface area contributed by atoms with Crippen molar-refractivity contribution in [2.24, 2.45) is 0 Å². The van der Waals surface area contributed by atoms with Crippen molar-refractivity contribution >= 4 is 5.82 Å². The first-order chi connectivity index (χ1) is 8.24. The van der Waals surface area contributed by atoms with Gasteiger partial charge in [0.1, 0.15) is 12.1 Å². The van der Waals surface area contributed by atoms with E-state index in [-0.39, 0.29) is 0 Å². The molecule has 0 saturated carbocycles. The van der Waals surface area contributed by atoms with Crippen LogP contribution in [0.25, 0.3) is 11.3 Å². The summed E-state index contributed by atoms with van der Waals surface area (Å²) in [5.41, 5.74) is 10.4. The van der Waals surface area contributed by atoms with E-state index < -0.39 is 0 Å². The van der Waals surface area contributed by atoms with E-state index in [1.165, 1.54) is 17.5 Å². The minimum atomic E-state index is 0.507. The van der Waals surface area contributed by atoms with E-state index in [2.05, 4.69) is 42.0 Å². The van der Waals surface area contributed by atoms with Gasteiger partial charge < -0.3 is 5.73 Å². The number of nitrogens with zero attached hydrogens (tertiary/aromatic N) is 2. The Morgan fingerprint density at radius 1 is 1.00 bits per heavy atom. The van der Waals surface area contributed by atoms with E-state index in [9.17, 15) is 0 Å². The summed E-state index contributed by atoms with van der Waals surface area (Å²) in [6.07, 6.45) is 3.61. The predicted octanol–water partition coefficient (Wildman–Crippen LogP) is 2.85. The standard InChI is InChI=1S/C14H17N3/c1-3-10-5-6-12(7-11(10)4-2)13-8-14(15)17-9-16-13/h5-9H,3-4H2,1-2H3,(H2,15,16,17). The summed E-state index contributed by atoms with van der Waals surface area (Å²) < 4.78 is 0. The highest BCUT2D eigenvalue weighted by Crippen LogP contribution is 2.22. The molecular weight excluding hydrogens is 210 g/mol. The van der Waals surface area contributed by atoms with Gasteiger partial charge in [-0.25, -0.2) is 9.97 Å². The van der Waals surface area contributed by atoms with Crippen LogP contribution in [0.3, 0.4) is 0 Å². The molecule has 88 valence electrons. The summed E-state index contributed by atoms with van der Waals surface area (Å²) in [6, 6.07) is 8.27. The van der Waals surface area contributed by atoms with E-state index in [0.717, 1.165) is 24.1 Å². The highest BCUT2D eigenvalue weighted by molar-refractivity contribution is 5.63. The van der Waals surface area contributed by atoms with E-state index >= 15 is 0 Å². The van der Waals surface area contributed by atoms with E-state index in [0.29, 0.717) is 5.82 Å². The maximum absolute atomic E-state index is 5.67. The van der Waals surface area contributed by atoms with Crippen molar-refractivity contribution in [3.05, 3.63) is 41.7 Å². The molecule has 1 aromatic heterocycles. The molecule has 3 nitrogen and oxygen atoms in total. The summed E-state index contributed by atoms with van der Waals surface area (Å²) >= 11 is 0. The maximum Gasteiger partial charge on any atom is 0.127 e. The van der Waals surface area contributed by atoms with Crippen LogP contribution in [0.15, 0.2) is 30.6 Å². The van der Waals surface area contributed by atoms with Gasteiger partial charge in [0.05, 0.1) is 5.69 Å². The lowest BCUT2D eigenvalue weighted by Gasteiger charge is -2.08. The molecule has 0 bridgehead atoms. The van der Waals surface area contributed by atoms with E-state index in [1.807, 2.05) is 0 Å². The zero-order valence-corrected chi connectivity index (χ0v) is 10.3. The van der Waals surface area contributed by atoms with Gasteiger partial charge in [0.2, 0.25) is 0 Å². The molecule has 0 saturated heterocycles. The number of rotatable bonds is 3. The number of benzene rings is 1. The fourth-order valence-corrected chi connectivity index (χ4v) is 1.99. The van der Waals surface area contributed by atoms with Crippen molar-refractivity contribution in [3.63, 3.8) is 0 Å². The number of anilines is 1. The van der Waals surface area contributed by atoms with Gasteiger partial charge >= 0.3 is 0 Å². The highest BCUT2D eigenvalue weighted by Gasteiger charge is 2.04. The summed E-state index contributed by atoms with van der Waals surface area (Å²) in [5, 5.41) is 0. The number of hydrogen-bond acceptors (Lipinski definition) is 3. The summed E-state index contributed by atoms with van der Waals surface area (Å²) in [4.78, 5) is 8.16. The molecule has 0 aliphatic rings. The zero-order valence-electron chi connectivity index (χ0n) is 10.3. The summed E-state index contributed by atoms with van der Waals surface area (Å²) in [7, 11) is 0. The van der Waals surface area contributed by atoms with Crippen molar-refractivity contribution in [3.8, 4) is 11.3 Å². The Balaban J connectivity index is 2.46. The molecule has 2 rings (SSSR count). The molecule has 0 unspecified atom stereocenters. The Bertz CT molecular complexity index is 521. The molecule has 17 heavy (non-hydrogen) atoms. The average Bonchev–Trinajstić information content (AvgIpc) is 2.38. The van der Waals surface area contributed by atoms with Crippen LogP contribution < -0.4 is 5.73 Å². The largest absolute Gasteiger partial charge is 0.384 e. The quantitative estimate of drug-likeness (QED) is 0.877. The lowest BCUT2D eigenvalue weighted by molar-refractivity contribution is 1.04. The molecule has 0 atom stereocenters. The number of nitrogen functional groups attached to an aromatic ring is 1. The van der Waals surface area contributed by atoms with Crippen LogP contribution in [0.2, 0.25) is 0 Å². The van der Waals surface area contributed by atoms with Crippen molar-refractivity contribution in [2.75, 3.05) is 5.73 Å². The van der Waals surface area contributed by atoms with Gasteiger partial charge in [-0.3, -0.25) is 0 Å². The number of hydrogen-bond donors (Lipinski definition) is 1. The minimum absolute atomic E-state index is 0.507. The second-order valence-corrected chi connectivity index (χ2v) is 4.02. The summed E-state index contributed by atoms with van der Waals surface area (Å²) in [5.74, 6) is 0.507. The van der Waals surface area contributed by atoms with Gasteiger partial charge in [0.25, 0.3) is 0 Å². The lowest BCUT2D eigenvalue weighted by Crippen LogP contribution is -1.95. The van der Waals surface area contributed by atoms with Crippen molar-refractivity contribution in [1.82, 2.24) is 9.97 Å². The second-order valence-electron chi connectivity index (χ2n) is 4.02. The third-order valence-corrected chi connectivity index (χ3v) is 2.95. The summed E-state index contributed by atoms with van der Waals surface area (Å²) in [6.45, 7) is 4.35. The van der Waals surface area contributed by atoms with Crippen LogP contribution in [-0.2, 0) is 12.8 Å². The van der Waals surface area contributed by atoms with Crippen molar-refractivity contribution in [1.29, 1.82) is 0 Å². The fourth-order valence-electron chi connectivity index (χ4n) is 1.99. The van der Waals surface area contributed by atoms with Crippen LogP contribution >= 0.6 is 0 Å². The minimum Gasteiger partial charge on any atom is -0.384 e. The molecule has 0 radical (unpaired) electrons. The first-order valence-corrected chi connectivity index (χ1v) is 5.94. The van der Waals surface area contributed by atoms with Gasteiger partial charge in [0.15, 0.2) is 0 Å². The molecule has 2 aromatic rings. The van der Waals surface area contributed by atoms with Gasteiger partial charge in [-0.15, -0.1) is 0 Å². The molecule has 0 fully saturated rings. The third kappa shape index (κ3) is 2.44. The number of aryl methyl sites for hydroxylation is 2. The average molecular weight is 227 g/mol. The lowest BCUT2D eigenvalue weighted by atomic mass is 9.99. The number of aromatic nitrogens is 2. The molecule has 3 heteroatoms. The topological polar surface area (TPSA) is 51.8 Å². The van der Waals surface area contributed by atoms with E-state index in [1.54, 1.807) is 6.07 Å². The monoisotopic (exact) mass is 227 g/mol.